The Morgan fingerprint density at radius 3 is 2.21 bits per heavy atom. The standard InChI is InChI=1S/C20H13F4IN2O/c21-13-3-1-11(2-4-13)16(12-5-14(22)7-15(23)6-12)8-19(28)27-18-10-26-9-17(24)20(18)25/h1-7,9-10,16H,8H2,(H,27,28). The van der Waals surface area contributed by atoms with Gasteiger partial charge in [0.05, 0.1) is 21.7 Å². The molecule has 2 aromatic carbocycles. The predicted molar refractivity (Wildman–Crippen MR) is 105 cm³/mol. The molecule has 3 rings (SSSR count). The maximum absolute atomic E-state index is 13.7. The van der Waals surface area contributed by atoms with Gasteiger partial charge >= 0.3 is 0 Å². The number of pyridine rings is 1. The molecular formula is C20H13F4IN2O. The van der Waals surface area contributed by atoms with Crippen LogP contribution in [0.1, 0.15) is 23.5 Å². The molecular weight excluding hydrogens is 487 g/mol. The van der Waals surface area contributed by atoms with Gasteiger partial charge in [0, 0.05) is 18.4 Å². The molecule has 144 valence electrons. The van der Waals surface area contributed by atoms with Crippen molar-refractivity contribution in [2.45, 2.75) is 12.3 Å². The SMILES string of the molecule is O=C(CC(c1ccc(F)cc1)c1cc(F)cc(F)c1)Nc1cncc(F)c1I. The lowest BCUT2D eigenvalue weighted by atomic mass is 9.88. The topological polar surface area (TPSA) is 42.0 Å². The molecule has 0 aliphatic heterocycles. The number of anilines is 1. The molecule has 0 aliphatic rings. The Bertz CT molecular complexity index is 991. The Morgan fingerprint density at radius 1 is 0.929 bits per heavy atom. The van der Waals surface area contributed by atoms with Crippen LogP contribution in [0.2, 0.25) is 0 Å². The fourth-order valence-electron chi connectivity index (χ4n) is 2.79. The molecule has 1 heterocycles. The third-order valence-electron chi connectivity index (χ3n) is 4.06. The number of carbonyl (C=O) groups excluding carboxylic acids is 1. The summed E-state index contributed by atoms with van der Waals surface area (Å²) in [5.41, 5.74) is 0.925. The van der Waals surface area contributed by atoms with Crippen LogP contribution >= 0.6 is 22.6 Å². The summed E-state index contributed by atoms with van der Waals surface area (Å²) in [5.74, 6) is -3.87. The van der Waals surface area contributed by atoms with E-state index in [0.717, 1.165) is 24.4 Å². The minimum Gasteiger partial charge on any atom is -0.324 e. The molecule has 28 heavy (non-hydrogen) atoms. The van der Waals surface area contributed by atoms with E-state index in [9.17, 15) is 22.4 Å². The Labute approximate surface area is 171 Å². The summed E-state index contributed by atoms with van der Waals surface area (Å²) in [6.07, 6.45) is 2.13. The Morgan fingerprint density at radius 2 is 1.57 bits per heavy atom. The van der Waals surface area contributed by atoms with Crippen LogP contribution in [0.25, 0.3) is 0 Å². The van der Waals surface area contributed by atoms with Crippen molar-refractivity contribution in [3.63, 3.8) is 0 Å². The summed E-state index contributed by atoms with van der Waals surface area (Å²) >= 11 is 1.74. The highest BCUT2D eigenvalue weighted by Gasteiger charge is 2.21. The molecule has 3 nitrogen and oxygen atoms in total. The average molecular weight is 500 g/mol. The summed E-state index contributed by atoms with van der Waals surface area (Å²) in [6, 6.07) is 8.28. The van der Waals surface area contributed by atoms with E-state index >= 15 is 0 Å². The van der Waals surface area contributed by atoms with Crippen molar-refractivity contribution in [2.24, 2.45) is 0 Å². The van der Waals surface area contributed by atoms with Crippen LogP contribution in [0.5, 0.6) is 0 Å². The average Bonchev–Trinajstić information content (AvgIpc) is 2.63. The zero-order valence-corrected chi connectivity index (χ0v) is 16.4. The van der Waals surface area contributed by atoms with Crippen molar-refractivity contribution >= 4 is 34.2 Å². The van der Waals surface area contributed by atoms with Crippen LogP contribution in [-0.2, 0) is 4.79 Å². The third-order valence-corrected chi connectivity index (χ3v) is 5.16. The number of amides is 1. The van der Waals surface area contributed by atoms with Crippen molar-refractivity contribution in [3.05, 3.63) is 92.8 Å². The summed E-state index contributed by atoms with van der Waals surface area (Å²) in [4.78, 5) is 16.2. The first kappa shape index (κ1) is 20.2. The van der Waals surface area contributed by atoms with Gasteiger partial charge in [0.15, 0.2) is 5.82 Å². The number of aromatic nitrogens is 1. The van der Waals surface area contributed by atoms with E-state index in [2.05, 4.69) is 10.3 Å². The van der Waals surface area contributed by atoms with Crippen LogP contribution in [0, 0.1) is 26.8 Å². The maximum Gasteiger partial charge on any atom is 0.225 e. The molecule has 0 saturated carbocycles. The Balaban J connectivity index is 1.91. The smallest absolute Gasteiger partial charge is 0.225 e. The molecule has 0 aliphatic carbocycles. The zero-order valence-electron chi connectivity index (χ0n) is 14.2. The van der Waals surface area contributed by atoms with Crippen molar-refractivity contribution in [1.29, 1.82) is 0 Å². The van der Waals surface area contributed by atoms with Gasteiger partial charge in [0.25, 0.3) is 0 Å². The van der Waals surface area contributed by atoms with Gasteiger partial charge in [0.1, 0.15) is 17.5 Å². The first-order chi connectivity index (χ1) is 13.3. The van der Waals surface area contributed by atoms with Gasteiger partial charge in [-0.3, -0.25) is 9.78 Å². The van der Waals surface area contributed by atoms with E-state index in [0.29, 0.717) is 5.56 Å². The molecule has 0 radical (unpaired) electrons. The van der Waals surface area contributed by atoms with Crippen LogP contribution in [0.3, 0.4) is 0 Å². The van der Waals surface area contributed by atoms with E-state index in [1.165, 1.54) is 30.5 Å². The maximum atomic E-state index is 13.7. The highest BCUT2D eigenvalue weighted by molar-refractivity contribution is 14.1. The highest BCUT2D eigenvalue weighted by Crippen LogP contribution is 2.30. The van der Waals surface area contributed by atoms with E-state index in [1.807, 2.05) is 0 Å². The predicted octanol–water partition coefficient (Wildman–Crippen LogP) is 5.40. The second-order valence-electron chi connectivity index (χ2n) is 6.04. The number of nitrogens with one attached hydrogen (secondary N) is 1. The number of halogens is 5. The van der Waals surface area contributed by atoms with Crippen molar-refractivity contribution in [3.8, 4) is 0 Å². The molecule has 0 bridgehead atoms. The molecule has 0 saturated heterocycles. The van der Waals surface area contributed by atoms with E-state index in [4.69, 9.17) is 0 Å². The molecule has 1 N–H and O–H groups in total. The molecule has 8 heteroatoms. The Hall–Kier alpha value is -2.49. The van der Waals surface area contributed by atoms with Gasteiger partial charge in [-0.25, -0.2) is 17.6 Å². The van der Waals surface area contributed by atoms with Crippen molar-refractivity contribution < 1.29 is 22.4 Å². The zero-order chi connectivity index (χ0) is 20.3. The molecule has 1 atom stereocenters. The summed E-state index contributed by atoms with van der Waals surface area (Å²) in [6.45, 7) is 0. The van der Waals surface area contributed by atoms with E-state index in [1.54, 1.807) is 22.6 Å². The minimum atomic E-state index is -0.786. The fourth-order valence-corrected chi connectivity index (χ4v) is 3.21. The van der Waals surface area contributed by atoms with Gasteiger partial charge < -0.3 is 5.32 Å². The van der Waals surface area contributed by atoms with Crippen LogP contribution < -0.4 is 5.32 Å². The second-order valence-corrected chi connectivity index (χ2v) is 7.12. The molecule has 1 amide bonds. The largest absolute Gasteiger partial charge is 0.324 e. The number of hydrogen-bond donors (Lipinski definition) is 1. The lowest BCUT2D eigenvalue weighted by molar-refractivity contribution is -0.116. The highest BCUT2D eigenvalue weighted by atomic mass is 127. The first-order valence-electron chi connectivity index (χ1n) is 8.14. The van der Waals surface area contributed by atoms with Gasteiger partial charge in [-0.1, -0.05) is 12.1 Å². The van der Waals surface area contributed by atoms with Crippen molar-refractivity contribution in [2.75, 3.05) is 5.32 Å². The van der Waals surface area contributed by atoms with Gasteiger partial charge in [0.2, 0.25) is 5.91 Å². The van der Waals surface area contributed by atoms with Gasteiger partial charge in [-0.2, -0.15) is 0 Å². The molecule has 1 aromatic heterocycles. The number of benzene rings is 2. The third kappa shape index (κ3) is 4.86. The number of carbonyl (C=O) groups is 1. The van der Waals surface area contributed by atoms with Crippen molar-refractivity contribution in [1.82, 2.24) is 4.98 Å². The molecule has 1 unspecified atom stereocenters. The minimum absolute atomic E-state index is 0.189. The number of nitrogens with zero attached hydrogens (tertiary/aromatic N) is 1. The van der Waals surface area contributed by atoms with Crippen LogP contribution in [-0.4, -0.2) is 10.9 Å². The molecule has 0 fully saturated rings. The van der Waals surface area contributed by atoms with Crippen LogP contribution in [0.15, 0.2) is 54.9 Å². The summed E-state index contributed by atoms with van der Waals surface area (Å²) < 4.78 is 54.5. The quantitative estimate of drug-likeness (QED) is 0.377. The fraction of sp³-hybridized carbons (Fsp3) is 0.100. The van der Waals surface area contributed by atoms with E-state index < -0.39 is 35.1 Å². The lowest BCUT2D eigenvalue weighted by Gasteiger charge is -2.18. The first-order valence-corrected chi connectivity index (χ1v) is 9.21. The monoisotopic (exact) mass is 500 g/mol. The van der Waals surface area contributed by atoms with E-state index in [-0.39, 0.29) is 21.2 Å². The number of hydrogen-bond acceptors (Lipinski definition) is 2. The molecule has 0 spiro atoms. The van der Waals surface area contributed by atoms with Gasteiger partial charge in [-0.15, -0.1) is 0 Å². The lowest BCUT2D eigenvalue weighted by Crippen LogP contribution is -2.18. The second kappa shape index (κ2) is 8.68. The number of rotatable bonds is 5. The van der Waals surface area contributed by atoms with Crippen LogP contribution in [0.4, 0.5) is 23.2 Å². The summed E-state index contributed by atoms with van der Waals surface area (Å²) in [5, 5.41) is 2.55. The molecule has 3 aromatic rings. The summed E-state index contributed by atoms with van der Waals surface area (Å²) in [7, 11) is 0. The Kier molecular flexibility index (Phi) is 6.28. The normalized spacial score (nSPS) is 11.9. The van der Waals surface area contributed by atoms with Gasteiger partial charge in [-0.05, 0) is 58.0 Å².